The monoisotopic (exact) mass is 440 g/mol. The van der Waals surface area contributed by atoms with E-state index in [1.165, 1.54) is 13.1 Å². The normalized spacial score (nSPS) is 12.8. The van der Waals surface area contributed by atoms with Crippen LogP contribution in [0.5, 0.6) is 0 Å². The van der Waals surface area contributed by atoms with Crippen molar-refractivity contribution in [1.82, 2.24) is 9.97 Å². The number of carbonyl (C=O) groups excluding carboxylic acids is 1. The fourth-order valence-corrected chi connectivity index (χ4v) is 3.46. The maximum absolute atomic E-state index is 13.0. The van der Waals surface area contributed by atoms with E-state index in [0.29, 0.717) is 12.4 Å². The molecule has 1 amide bonds. The minimum absolute atomic E-state index is 0.00405. The third-order valence-corrected chi connectivity index (χ3v) is 5.09. The molecular formula is C23H19F3N4O2. The fourth-order valence-electron chi connectivity index (χ4n) is 3.46. The molecule has 0 unspecified atom stereocenters. The van der Waals surface area contributed by atoms with E-state index in [9.17, 15) is 18.0 Å². The minimum Gasteiger partial charge on any atom is -0.481 e. The lowest BCUT2D eigenvalue weighted by Crippen LogP contribution is -2.16. The molecule has 6 nitrogen and oxygen atoms in total. The van der Waals surface area contributed by atoms with Crippen LogP contribution < -0.4 is 5.32 Å². The summed E-state index contributed by atoms with van der Waals surface area (Å²) in [5.74, 6) is 0.124. The summed E-state index contributed by atoms with van der Waals surface area (Å²) in [6.07, 6.45) is -1.55. The standard InChI is InChI=1S/C23H19F3N4O2/c1-13-19(23(24,25)26)9-17(11-27-13)30-21(31)7-14-3-5-15(6-4-14)16-8-18-20(28-10-16)12-29-22(18)32-2/h3-6,8-11H,7,12H2,1-2H3,(H,30,31). The fraction of sp³-hybridized carbons (Fsp3) is 0.217. The van der Waals surface area contributed by atoms with Gasteiger partial charge in [0.15, 0.2) is 0 Å². The smallest absolute Gasteiger partial charge is 0.418 e. The average Bonchev–Trinajstić information content (AvgIpc) is 3.17. The topological polar surface area (TPSA) is 76.5 Å². The highest BCUT2D eigenvalue weighted by atomic mass is 19.4. The van der Waals surface area contributed by atoms with Crippen molar-refractivity contribution in [3.05, 3.63) is 76.9 Å². The van der Waals surface area contributed by atoms with Crippen LogP contribution in [-0.2, 0) is 28.7 Å². The van der Waals surface area contributed by atoms with Crippen LogP contribution >= 0.6 is 0 Å². The Morgan fingerprint density at radius 2 is 1.84 bits per heavy atom. The molecule has 0 saturated carbocycles. The lowest BCUT2D eigenvalue weighted by molar-refractivity contribution is -0.138. The maximum Gasteiger partial charge on any atom is 0.418 e. The van der Waals surface area contributed by atoms with E-state index in [4.69, 9.17) is 4.74 Å². The number of aliphatic imine (C=N–C) groups is 1. The maximum atomic E-state index is 13.0. The van der Waals surface area contributed by atoms with Crippen molar-refractivity contribution in [3.8, 4) is 11.1 Å². The molecular weight excluding hydrogens is 421 g/mol. The number of halogens is 3. The number of pyridine rings is 2. The summed E-state index contributed by atoms with van der Waals surface area (Å²) < 4.78 is 44.4. The van der Waals surface area contributed by atoms with Gasteiger partial charge in [0, 0.05) is 17.5 Å². The summed E-state index contributed by atoms with van der Waals surface area (Å²) in [7, 11) is 1.57. The van der Waals surface area contributed by atoms with Crippen LogP contribution in [-0.4, -0.2) is 28.9 Å². The molecule has 9 heteroatoms. The van der Waals surface area contributed by atoms with Crippen LogP contribution in [0.4, 0.5) is 18.9 Å². The van der Waals surface area contributed by atoms with E-state index in [1.807, 2.05) is 18.2 Å². The molecule has 1 N–H and O–H groups in total. The number of ether oxygens (including phenoxy) is 1. The largest absolute Gasteiger partial charge is 0.481 e. The van der Waals surface area contributed by atoms with Crippen LogP contribution in [0.1, 0.15) is 28.1 Å². The molecule has 2 aromatic heterocycles. The van der Waals surface area contributed by atoms with Crippen molar-refractivity contribution < 1.29 is 22.7 Å². The number of nitrogens with zero attached hydrogens (tertiary/aromatic N) is 3. The Hall–Kier alpha value is -3.75. The van der Waals surface area contributed by atoms with Gasteiger partial charge in [-0.2, -0.15) is 13.2 Å². The average molecular weight is 440 g/mol. The molecule has 1 aliphatic heterocycles. The van der Waals surface area contributed by atoms with Crippen molar-refractivity contribution >= 4 is 17.5 Å². The second-order valence-electron chi connectivity index (χ2n) is 7.32. The second kappa shape index (κ2) is 8.41. The van der Waals surface area contributed by atoms with Crippen molar-refractivity contribution in [1.29, 1.82) is 0 Å². The van der Waals surface area contributed by atoms with E-state index in [-0.39, 0.29) is 17.8 Å². The molecule has 32 heavy (non-hydrogen) atoms. The summed E-state index contributed by atoms with van der Waals surface area (Å²) in [4.78, 5) is 24.8. The molecule has 0 radical (unpaired) electrons. The Morgan fingerprint density at radius 1 is 1.09 bits per heavy atom. The third kappa shape index (κ3) is 4.46. The highest BCUT2D eigenvalue weighted by Gasteiger charge is 2.33. The second-order valence-corrected chi connectivity index (χ2v) is 7.32. The summed E-state index contributed by atoms with van der Waals surface area (Å²) in [5, 5.41) is 2.48. The molecule has 0 atom stereocenters. The van der Waals surface area contributed by atoms with Gasteiger partial charge in [0.05, 0.1) is 48.8 Å². The van der Waals surface area contributed by atoms with Crippen molar-refractivity contribution in [2.75, 3.05) is 12.4 Å². The van der Waals surface area contributed by atoms with Gasteiger partial charge in [-0.3, -0.25) is 14.8 Å². The van der Waals surface area contributed by atoms with E-state index < -0.39 is 17.6 Å². The van der Waals surface area contributed by atoms with Crippen LogP contribution in [0.3, 0.4) is 0 Å². The Labute approximate surface area is 182 Å². The van der Waals surface area contributed by atoms with Crippen molar-refractivity contribution in [3.63, 3.8) is 0 Å². The van der Waals surface area contributed by atoms with Gasteiger partial charge in [-0.05, 0) is 30.2 Å². The van der Waals surface area contributed by atoms with Gasteiger partial charge in [0.2, 0.25) is 11.8 Å². The number of methoxy groups -OCH3 is 1. The number of rotatable bonds is 4. The number of hydrogen-bond acceptors (Lipinski definition) is 5. The molecule has 1 aliphatic rings. The lowest BCUT2D eigenvalue weighted by atomic mass is 10.0. The van der Waals surface area contributed by atoms with Gasteiger partial charge >= 0.3 is 6.18 Å². The first kappa shape index (κ1) is 21.5. The molecule has 0 fully saturated rings. The Morgan fingerprint density at radius 3 is 2.53 bits per heavy atom. The van der Waals surface area contributed by atoms with E-state index in [0.717, 1.165) is 34.0 Å². The first-order valence-electron chi connectivity index (χ1n) is 9.75. The molecule has 3 heterocycles. The number of benzene rings is 1. The van der Waals surface area contributed by atoms with Gasteiger partial charge < -0.3 is 10.1 Å². The van der Waals surface area contributed by atoms with Gasteiger partial charge in [0.1, 0.15) is 0 Å². The zero-order valence-electron chi connectivity index (χ0n) is 17.3. The van der Waals surface area contributed by atoms with Crippen molar-refractivity contribution in [2.24, 2.45) is 4.99 Å². The van der Waals surface area contributed by atoms with E-state index >= 15 is 0 Å². The first-order valence-corrected chi connectivity index (χ1v) is 9.75. The molecule has 0 aliphatic carbocycles. The van der Waals surface area contributed by atoms with Gasteiger partial charge in [-0.25, -0.2) is 4.99 Å². The SMILES string of the molecule is COC1=NCc2ncc(-c3ccc(CC(=O)Nc4cnc(C)c(C(F)(F)F)c4)cc3)cc21. The van der Waals surface area contributed by atoms with Gasteiger partial charge in [-0.1, -0.05) is 24.3 Å². The molecule has 0 spiro atoms. The van der Waals surface area contributed by atoms with Crippen LogP contribution in [0.15, 0.2) is 53.8 Å². The van der Waals surface area contributed by atoms with Gasteiger partial charge in [0.25, 0.3) is 0 Å². The summed E-state index contributed by atoms with van der Waals surface area (Å²) in [5.41, 5.74) is 3.22. The van der Waals surface area contributed by atoms with Gasteiger partial charge in [-0.15, -0.1) is 0 Å². The highest BCUT2D eigenvalue weighted by Crippen LogP contribution is 2.32. The zero-order valence-corrected chi connectivity index (χ0v) is 17.3. The quantitative estimate of drug-likeness (QED) is 0.645. The number of alkyl halides is 3. The first-order chi connectivity index (χ1) is 15.2. The number of amides is 1. The molecule has 164 valence electrons. The van der Waals surface area contributed by atoms with Crippen molar-refractivity contribution in [2.45, 2.75) is 26.1 Å². The molecule has 1 aromatic carbocycles. The number of aromatic nitrogens is 2. The molecule has 0 bridgehead atoms. The Balaban J connectivity index is 1.45. The summed E-state index contributed by atoms with van der Waals surface area (Å²) in [6.45, 7) is 1.77. The van der Waals surface area contributed by atoms with Crippen LogP contribution in [0.2, 0.25) is 0 Å². The predicted molar refractivity (Wildman–Crippen MR) is 113 cm³/mol. The summed E-state index contributed by atoms with van der Waals surface area (Å²) in [6, 6.07) is 10.2. The molecule has 3 aromatic rings. The molecule has 4 rings (SSSR count). The Bertz CT molecular complexity index is 1200. The van der Waals surface area contributed by atoms with E-state index in [1.54, 1.807) is 25.4 Å². The number of anilines is 1. The Kier molecular flexibility index (Phi) is 5.65. The number of nitrogens with one attached hydrogen (secondary N) is 1. The zero-order chi connectivity index (χ0) is 22.9. The minimum atomic E-state index is -4.53. The van der Waals surface area contributed by atoms with Crippen LogP contribution in [0, 0.1) is 6.92 Å². The predicted octanol–water partition coefficient (Wildman–Crippen LogP) is 4.56. The van der Waals surface area contributed by atoms with Crippen LogP contribution in [0.25, 0.3) is 11.1 Å². The number of fused-ring (bicyclic) bond motifs is 1. The molecule has 0 saturated heterocycles. The third-order valence-electron chi connectivity index (χ3n) is 5.09. The number of hydrogen-bond donors (Lipinski definition) is 1. The number of carbonyl (C=O) groups is 1. The highest BCUT2D eigenvalue weighted by molar-refractivity contribution is 5.98. The summed E-state index contributed by atoms with van der Waals surface area (Å²) >= 11 is 0. The van der Waals surface area contributed by atoms with E-state index in [2.05, 4.69) is 20.3 Å². The number of aryl methyl sites for hydroxylation is 1. The lowest BCUT2D eigenvalue weighted by Gasteiger charge is -2.12.